The predicted octanol–water partition coefficient (Wildman–Crippen LogP) is 4.12. The summed E-state index contributed by atoms with van der Waals surface area (Å²) in [6.45, 7) is 0. The molecule has 102 valence electrons. The summed E-state index contributed by atoms with van der Waals surface area (Å²) in [5.41, 5.74) is 17.8. The molecule has 2 aliphatic rings. The summed E-state index contributed by atoms with van der Waals surface area (Å²) < 4.78 is 0. The minimum atomic E-state index is 1.08. The van der Waals surface area contributed by atoms with E-state index in [1.807, 2.05) is 0 Å². The van der Waals surface area contributed by atoms with Crippen LogP contribution in [0.25, 0.3) is 0 Å². The molecule has 0 aromatic carbocycles. The van der Waals surface area contributed by atoms with Gasteiger partial charge in [-0.1, -0.05) is 25.7 Å². The van der Waals surface area contributed by atoms with Gasteiger partial charge in [0.15, 0.2) is 0 Å². The highest BCUT2D eigenvalue weighted by atomic mass is 14.6. The summed E-state index contributed by atoms with van der Waals surface area (Å²) in [6, 6.07) is 0. The highest BCUT2D eigenvalue weighted by Crippen LogP contribution is 2.32. The number of allylic oxidation sites excluding steroid dienone is 4. The van der Waals surface area contributed by atoms with Gasteiger partial charge in [-0.2, -0.15) is 0 Å². The van der Waals surface area contributed by atoms with Crippen molar-refractivity contribution in [3.8, 4) is 0 Å². The summed E-state index contributed by atoms with van der Waals surface area (Å²) in [6.07, 6.45) is 14.9. The second-order valence-corrected chi connectivity index (χ2v) is 5.84. The SMILES string of the molecule is N/C1=C(\C2=C(/N)CCCCCC2)CCCCCC1. The number of hydrogen-bond donors (Lipinski definition) is 2. The van der Waals surface area contributed by atoms with E-state index in [-0.39, 0.29) is 0 Å². The maximum Gasteiger partial charge on any atom is 0.0116 e. The third kappa shape index (κ3) is 3.54. The van der Waals surface area contributed by atoms with Crippen molar-refractivity contribution in [3.05, 3.63) is 22.5 Å². The zero-order valence-corrected chi connectivity index (χ0v) is 11.6. The van der Waals surface area contributed by atoms with Gasteiger partial charge in [0.1, 0.15) is 0 Å². The Morgan fingerprint density at radius 1 is 0.444 bits per heavy atom. The standard InChI is InChI=1S/C16H28N2/c17-15-11-7-3-1-5-9-13(15)14-10-6-2-4-8-12-16(14)18/h1-12,17-18H2/b15-13-,16-14-. The first-order valence-electron chi connectivity index (χ1n) is 7.74. The average molecular weight is 248 g/mol. The van der Waals surface area contributed by atoms with E-state index >= 15 is 0 Å². The Balaban J connectivity index is 2.23. The summed E-state index contributed by atoms with van der Waals surface area (Å²) in [5.74, 6) is 0. The maximum absolute atomic E-state index is 6.32. The van der Waals surface area contributed by atoms with E-state index < -0.39 is 0 Å². The monoisotopic (exact) mass is 248 g/mol. The Labute approximate surface area is 112 Å². The second-order valence-electron chi connectivity index (χ2n) is 5.84. The van der Waals surface area contributed by atoms with Crippen LogP contribution >= 0.6 is 0 Å². The minimum Gasteiger partial charge on any atom is -0.402 e. The second kappa shape index (κ2) is 6.86. The molecule has 18 heavy (non-hydrogen) atoms. The molecule has 4 N–H and O–H groups in total. The third-order valence-electron chi connectivity index (χ3n) is 4.39. The lowest BCUT2D eigenvalue weighted by atomic mass is 9.86. The maximum atomic E-state index is 6.32. The number of nitrogens with two attached hydrogens (primary N) is 2. The molecular formula is C16H28N2. The molecule has 0 bridgehead atoms. The van der Waals surface area contributed by atoms with Crippen LogP contribution in [0.4, 0.5) is 0 Å². The quantitative estimate of drug-likeness (QED) is 0.733. The van der Waals surface area contributed by atoms with Gasteiger partial charge in [0.05, 0.1) is 0 Å². The normalized spacial score (nSPS) is 32.2. The van der Waals surface area contributed by atoms with Gasteiger partial charge < -0.3 is 11.5 Å². The minimum absolute atomic E-state index is 1.08. The largest absolute Gasteiger partial charge is 0.402 e. The van der Waals surface area contributed by atoms with Gasteiger partial charge in [0.2, 0.25) is 0 Å². The van der Waals surface area contributed by atoms with Crippen LogP contribution in [0, 0.1) is 0 Å². The molecule has 0 spiro atoms. The van der Waals surface area contributed by atoms with E-state index in [0.29, 0.717) is 0 Å². The van der Waals surface area contributed by atoms with Gasteiger partial charge in [-0.05, 0) is 62.5 Å². The molecular weight excluding hydrogens is 220 g/mol. The van der Waals surface area contributed by atoms with E-state index in [2.05, 4.69) is 0 Å². The van der Waals surface area contributed by atoms with E-state index in [4.69, 9.17) is 11.5 Å². The third-order valence-corrected chi connectivity index (χ3v) is 4.39. The molecule has 2 nitrogen and oxygen atoms in total. The average Bonchev–Trinajstić information content (AvgIpc) is 2.32. The topological polar surface area (TPSA) is 52.0 Å². The van der Waals surface area contributed by atoms with Gasteiger partial charge in [-0.3, -0.25) is 0 Å². The lowest BCUT2D eigenvalue weighted by Gasteiger charge is -2.22. The molecule has 2 rings (SSSR count). The van der Waals surface area contributed by atoms with E-state index in [1.165, 1.54) is 62.5 Å². The molecule has 2 heteroatoms. The van der Waals surface area contributed by atoms with Crippen LogP contribution in [-0.2, 0) is 0 Å². The molecule has 0 amide bonds. The molecule has 0 aromatic heterocycles. The van der Waals surface area contributed by atoms with Crippen molar-refractivity contribution in [1.29, 1.82) is 0 Å². The highest BCUT2D eigenvalue weighted by molar-refractivity contribution is 5.38. The van der Waals surface area contributed by atoms with E-state index in [1.54, 1.807) is 0 Å². The first kappa shape index (κ1) is 13.5. The Morgan fingerprint density at radius 3 is 1.17 bits per heavy atom. The van der Waals surface area contributed by atoms with Gasteiger partial charge in [0.25, 0.3) is 0 Å². The summed E-state index contributed by atoms with van der Waals surface area (Å²) in [4.78, 5) is 0. The van der Waals surface area contributed by atoms with Crippen molar-refractivity contribution < 1.29 is 0 Å². The van der Waals surface area contributed by atoms with Crippen LogP contribution in [0.15, 0.2) is 22.5 Å². The van der Waals surface area contributed by atoms with Crippen molar-refractivity contribution in [2.45, 2.75) is 77.0 Å². The lowest BCUT2D eigenvalue weighted by molar-refractivity contribution is 0.586. The molecule has 0 saturated heterocycles. The van der Waals surface area contributed by atoms with Crippen LogP contribution in [0.5, 0.6) is 0 Å². The molecule has 2 aliphatic carbocycles. The Hall–Kier alpha value is -0.920. The molecule has 0 fully saturated rings. The van der Waals surface area contributed by atoms with Gasteiger partial charge in [0, 0.05) is 11.4 Å². The lowest BCUT2D eigenvalue weighted by Crippen LogP contribution is -2.13. The molecule has 0 atom stereocenters. The molecule has 0 radical (unpaired) electrons. The summed E-state index contributed by atoms with van der Waals surface area (Å²) in [5, 5.41) is 0. The Bertz CT molecular complexity index is 305. The van der Waals surface area contributed by atoms with Gasteiger partial charge in [-0.15, -0.1) is 0 Å². The van der Waals surface area contributed by atoms with Crippen molar-refractivity contribution in [3.63, 3.8) is 0 Å². The molecule has 0 aliphatic heterocycles. The first-order chi connectivity index (χ1) is 8.79. The fraction of sp³-hybridized carbons (Fsp3) is 0.750. The fourth-order valence-electron chi connectivity index (χ4n) is 3.25. The Morgan fingerprint density at radius 2 is 0.778 bits per heavy atom. The van der Waals surface area contributed by atoms with Crippen molar-refractivity contribution in [2.24, 2.45) is 11.5 Å². The summed E-state index contributed by atoms with van der Waals surface area (Å²) >= 11 is 0. The first-order valence-corrected chi connectivity index (χ1v) is 7.74. The van der Waals surface area contributed by atoms with Crippen LogP contribution < -0.4 is 11.5 Å². The van der Waals surface area contributed by atoms with Crippen LogP contribution in [0.3, 0.4) is 0 Å². The van der Waals surface area contributed by atoms with Crippen LogP contribution in [0.2, 0.25) is 0 Å². The smallest absolute Gasteiger partial charge is 0.0116 e. The summed E-state index contributed by atoms with van der Waals surface area (Å²) in [7, 11) is 0. The van der Waals surface area contributed by atoms with E-state index in [9.17, 15) is 0 Å². The fourth-order valence-corrected chi connectivity index (χ4v) is 3.25. The Kier molecular flexibility index (Phi) is 5.15. The number of rotatable bonds is 1. The van der Waals surface area contributed by atoms with Crippen molar-refractivity contribution in [2.75, 3.05) is 0 Å². The highest BCUT2D eigenvalue weighted by Gasteiger charge is 2.16. The predicted molar refractivity (Wildman–Crippen MR) is 77.8 cm³/mol. The van der Waals surface area contributed by atoms with Crippen LogP contribution in [-0.4, -0.2) is 0 Å². The van der Waals surface area contributed by atoms with Crippen LogP contribution in [0.1, 0.15) is 77.0 Å². The van der Waals surface area contributed by atoms with Gasteiger partial charge in [-0.25, -0.2) is 0 Å². The zero-order valence-electron chi connectivity index (χ0n) is 11.6. The number of hydrogen-bond acceptors (Lipinski definition) is 2. The van der Waals surface area contributed by atoms with Crippen molar-refractivity contribution in [1.82, 2.24) is 0 Å². The zero-order chi connectivity index (χ0) is 12.8. The molecule has 0 unspecified atom stereocenters. The van der Waals surface area contributed by atoms with E-state index in [0.717, 1.165) is 37.1 Å². The molecule has 0 aromatic rings. The molecule has 0 saturated carbocycles. The molecule has 0 heterocycles. The van der Waals surface area contributed by atoms with Crippen molar-refractivity contribution >= 4 is 0 Å². The van der Waals surface area contributed by atoms with Gasteiger partial charge >= 0.3 is 0 Å².